The fourth-order valence-electron chi connectivity index (χ4n) is 2.12. The lowest BCUT2D eigenvalue weighted by molar-refractivity contribution is 0.103. The minimum absolute atomic E-state index is 0.0305. The van der Waals surface area contributed by atoms with E-state index in [0.29, 0.717) is 16.9 Å². The van der Waals surface area contributed by atoms with Crippen LogP contribution in [0.1, 0.15) is 27.2 Å². The summed E-state index contributed by atoms with van der Waals surface area (Å²) in [7, 11) is 0. The summed E-state index contributed by atoms with van der Waals surface area (Å²) in [6, 6.07) is 20.8. The van der Waals surface area contributed by atoms with Crippen molar-refractivity contribution in [2.45, 2.75) is 0 Å². The molecule has 0 N–H and O–H groups in total. The second kappa shape index (κ2) is 6.06. The molecule has 0 spiro atoms. The molecule has 0 bridgehead atoms. The van der Waals surface area contributed by atoms with Crippen molar-refractivity contribution in [1.82, 2.24) is 0 Å². The second-order valence-corrected chi connectivity index (χ2v) is 4.64. The molecule has 0 radical (unpaired) electrons. The molecule has 0 atom stereocenters. The van der Waals surface area contributed by atoms with Crippen molar-refractivity contribution in [2.75, 3.05) is 0 Å². The largest absolute Gasteiger partial charge is 0.464 e. The van der Waals surface area contributed by atoms with Crippen LogP contribution in [0.2, 0.25) is 0 Å². The van der Waals surface area contributed by atoms with Gasteiger partial charge >= 0.3 is 0 Å². The van der Waals surface area contributed by atoms with E-state index in [9.17, 15) is 4.79 Å². The minimum Gasteiger partial charge on any atom is -0.464 e. The normalized spacial score (nSPS) is 10.9. The molecule has 3 aromatic rings. The van der Waals surface area contributed by atoms with Gasteiger partial charge in [-0.3, -0.25) is 4.79 Å². The summed E-state index contributed by atoms with van der Waals surface area (Å²) < 4.78 is 5.42. The molecule has 0 unspecified atom stereocenters. The van der Waals surface area contributed by atoms with Crippen molar-refractivity contribution in [1.29, 1.82) is 0 Å². The Labute approximate surface area is 123 Å². The van der Waals surface area contributed by atoms with E-state index in [0.717, 1.165) is 5.56 Å². The van der Waals surface area contributed by atoms with E-state index in [-0.39, 0.29) is 5.78 Å². The summed E-state index contributed by atoms with van der Waals surface area (Å²) in [5, 5.41) is 0. The highest BCUT2D eigenvalue weighted by Gasteiger charge is 2.14. The first-order chi connectivity index (χ1) is 10.3. The van der Waals surface area contributed by atoms with Crippen LogP contribution in [0.4, 0.5) is 0 Å². The van der Waals surface area contributed by atoms with Crippen LogP contribution in [0, 0.1) is 0 Å². The molecule has 0 fully saturated rings. The summed E-state index contributed by atoms with van der Waals surface area (Å²) in [6.45, 7) is 0. The zero-order valence-corrected chi connectivity index (χ0v) is 11.4. The molecule has 0 saturated carbocycles. The molecule has 1 heterocycles. The zero-order valence-electron chi connectivity index (χ0n) is 11.4. The zero-order chi connectivity index (χ0) is 14.5. The molecule has 2 nitrogen and oxygen atoms in total. The van der Waals surface area contributed by atoms with Crippen molar-refractivity contribution < 1.29 is 9.21 Å². The summed E-state index contributed by atoms with van der Waals surface area (Å²) in [6.07, 6.45) is 5.30. The van der Waals surface area contributed by atoms with Crippen LogP contribution in [-0.2, 0) is 0 Å². The predicted molar refractivity (Wildman–Crippen MR) is 84.0 cm³/mol. The van der Waals surface area contributed by atoms with Gasteiger partial charge in [-0.25, -0.2) is 0 Å². The second-order valence-electron chi connectivity index (χ2n) is 4.64. The Morgan fingerprint density at radius 1 is 0.810 bits per heavy atom. The highest BCUT2D eigenvalue weighted by molar-refractivity contribution is 6.10. The number of furan rings is 1. The van der Waals surface area contributed by atoms with Crippen LogP contribution in [0.25, 0.3) is 12.2 Å². The molecular weight excluding hydrogens is 260 g/mol. The molecule has 2 aromatic carbocycles. The Hall–Kier alpha value is -2.87. The number of carbonyl (C=O) groups excluding carboxylic acids is 1. The third-order valence-electron chi connectivity index (χ3n) is 3.20. The summed E-state index contributed by atoms with van der Waals surface area (Å²) in [5.41, 5.74) is 2.30. The van der Waals surface area contributed by atoms with Gasteiger partial charge in [-0.15, -0.1) is 0 Å². The minimum atomic E-state index is -0.0305. The number of ketones is 1. The number of benzene rings is 2. The van der Waals surface area contributed by atoms with Crippen LogP contribution in [0.3, 0.4) is 0 Å². The maximum Gasteiger partial charge on any atom is 0.196 e. The quantitative estimate of drug-likeness (QED) is 0.646. The molecule has 0 aliphatic heterocycles. The summed E-state index contributed by atoms with van der Waals surface area (Å²) in [5.74, 6) is 0.546. The molecular formula is C19H14O2. The van der Waals surface area contributed by atoms with Crippen LogP contribution in [0.5, 0.6) is 0 Å². The molecule has 0 aliphatic rings. The fraction of sp³-hybridized carbons (Fsp3) is 0. The van der Waals surface area contributed by atoms with E-state index < -0.39 is 0 Å². The van der Waals surface area contributed by atoms with E-state index >= 15 is 0 Å². The van der Waals surface area contributed by atoms with E-state index in [4.69, 9.17) is 4.42 Å². The van der Waals surface area contributed by atoms with Gasteiger partial charge in [-0.1, -0.05) is 66.7 Å². The van der Waals surface area contributed by atoms with Gasteiger partial charge in [0.1, 0.15) is 5.76 Å². The van der Waals surface area contributed by atoms with Gasteiger partial charge in [0.05, 0.1) is 11.8 Å². The SMILES string of the molecule is O=C(c1ccccc1)c1ccoc1/C=C/c1ccccc1. The van der Waals surface area contributed by atoms with Crippen LogP contribution in [-0.4, -0.2) is 5.78 Å². The van der Waals surface area contributed by atoms with Gasteiger partial charge in [0.25, 0.3) is 0 Å². The lowest BCUT2D eigenvalue weighted by Gasteiger charge is -1.99. The smallest absolute Gasteiger partial charge is 0.196 e. The molecule has 2 heteroatoms. The van der Waals surface area contributed by atoms with Crippen LogP contribution in [0.15, 0.2) is 77.4 Å². The molecule has 0 saturated heterocycles. The first kappa shape index (κ1) is 13.1. The van der Waals surface area contributed by atoms with E-state index in [1.807, 2.05) is 60.7 Å². The Balaban J connectivity index is 1.88. The molecule has 3 rings (SSSR count). The highest BCUT2D eigenvalue weighted by atomic mass is 16.3. The number of rotatable bonds is 4. The summed E-state index contributed by atoms with van der Waals surface area (Å²) >= 11 is 0. The maximum atomic E-state index is 12.4. The van der Waals surface area contributed by atoms with Crippen LogP contribution < -0.4 is 0 Å². The van der Waals surface area contributed by atoms with E-state index in [2.05, 4.69) is 0 Å². The average Bonchev–Trinajstić information content (AvgIpc) is 3.02. The fourth-order valence-corrected chi connectivity index (χ4v) is 2.12. The van der Waals surface area contributed by atoms with E-state index in [1.54, 1.807) is 24.5 Å². The van der Waals surface area contributed by atoms with Crippen molar-refractivity contribution in [3.05, 3.63) is 95.4 Å². The van der Waals surface area contributed by atoms with Gasteiger partial charge in [0.2, 0.25) is 0 Å². The maximum absolute atomic E-state index is 12.4. The lowest BCUT2D eigenvalue weighted by Crippen LogP contribution is -2.00. The average molecular weight is 274 g/mol. The third kappa shape index (κ3) is 3.00. The van der Waals surface area contributed by atoms with Gasteiger partial charge in [-0.05, 0) is 17.7 Å². The Morgan fingerprint density at radius 3 is 2.19 bits per heavy atom. The standard InChI is InChI=1S/C19H14O2/c20-19(16-9-5-2-6-10-16)17-13-14-21-18(17)12-11-15-7-3-1-4-8-15/h1-14H/b12-11+. The lowest BCUT2D eigenvalue weighted by atomic mass is 10.0. The first-order valence-electron chi connectivity index (χ1n) is 6.75. The number of hydrogen-bond acceptors (Lipinski definition) is 2. The predicted octanol–water partition coefficient (Wildman–Crippen LogP) is 4.68. The van der Waals surface area contributed by atoms with Crippen molar-refractivity contribution in [2.24, 2.45) is 0 Å². The monoisotopic (exact) mass is 274 g/mol. The number of hydrogen-bond donors (Lipinski definition) is 0. The molecule has 1 aromatic heterocycles. The van der Waals surface area contributed by atoms with Gasteiger partial charge in [0, 0.05) is 5.56 Å². The van der Waals surface area contributed by atoms with Crippen molar-refractivity contribution >= 4 is 17.9 Å². The molecule has 0 amide bonds. The Kier molecular flexibility index (Phi) is 3.79. The van der Waals surface area contributed by atoms with Crippen molar-refractivity contribution in [3.63, 3.8) is 0 Å². The molecule has 0 aliphatic carbocycles. The highest BCUT2D eigenvalue weighted by Crippen LogP contribution is 2.18. The van der Waals surface area contributed by atoms with Gasteiger partial charge in [0.15, 0.2) is 5.78 Å². The van der Waals surface area contributed by atoms with Crippen LogP contribution >= 0.6 is 0 Å². The molecule has 102 valence electrons. The van der Waals surface area contributed by atoms with Gasteiger partial charge in [-0.2, -0.15) is 0 Å². The topological polar surface area (TPSA) is 30.2 Å². The number of carbonyl (C=O) groups is 1. The van der Waals surface area contributed by atoms with Crippen molar-refractivity contribution in [3.8, 4) is 0 Å². The first-order valence-corrected chi connectivity index (χ1v) is 6.75. The Morgan fingerprint density at radius 2 is 1.48 bits per heavy atom. The molecule has 21 heavy (non-hydrogen) atoms. The van der Waals surface area contributed by atoms with E-state index in [1.165, 1.54) is 0 Å². The summed E-state index contributed by atoms with van der Waals surface area (Å²) in [4.78, 5) is 12.4. The Bertz CT molecular complexity index is 753. The third-order valence-corrected chi connectivity index (χ3v) is 3.20. The van der Waals surface area contributed by atoms with Gasteiger partial charge < -0.3 is 4.42 Å².